The Kier molecular flexibility index (Phi) is 4.01. The summed E-state index contributed by atoms with van der Waals surface area (Å²) in [7, 11) is 0. The molecular formula is C18H16N2O4S. The van der Waals surface area contributed by atoms with E-state index < -0.39 is 0 Å². The maximum Gasteiger partial charge on any atom is 0.170 e. The molecule has 4 aromatic rings. The average molecular weight is 356 g/mol. The van der Waals surface area contributed by atoms with E-state index in [0.29, 0.717) is 17.8 Å². The van der Waals surface area contributed by atoms with E-state index in [2.05, 4.69) is 10.3 Å². The molecule has 6 nitrogen and oxygen atoms in total. The highest BCUT2D eigenvalue weighted by atomic mass is 32.2. The van der Waals surface area contributed by atoms with Crippen LogP contribution in [0.3, 0.4) is 0 Å². The number of benzene rings is 2. The van der Waals surface area contributed by atoms with E-state index in [4.69, 9.17) is 13.8 Å². The predicted octanol–water partition coefficient (Wildman–Crippen LogP) is 4.58. The second kappa shape index (κ2) is 6.33. The van der Waals surface area contributed by atoms with Crippen LogP contribution in [0.5, 0.6) is 11.5 Å². The number of aromatic nitrogens is 2. The second-order valence-corrected chi connectivity index (χ2v) is 6.70. The monoisotopic (exact) mass is 356 g/mol. The summed E-state index contributed by atoms with van der Waals surface area (Å²) in [5.74, 6) is 0.918. The Bertz CT molecular complexity index is 1040. The van der Waals surface area contributed by atoms with Gasteiger partial charge in [0, 0.05) is 28.3 Å². The van der Waals surface area contributed by atoms with Gasteiger partial charge in [0.1, 0.15) is 11.5 Å². The largest absolute Gasteiger partial charge is 0.508 e. The quantitative estimate of drug-likeness (QED) is 0.524. The summed E-state index contributed by atoms with van der Waals surface area (Å²) in [4.78, 5) is 1.01. The van der Waals surface area contributed by atoms with E-state index in [1.54, 1.807) is 36.3 Å². The van der Waals surface area contributed by atoms with Gasteiger partial charge in [0.15, 0.2) is 11.2 Å². The average Bonchev–Trinajstić information content (AvgIpc) is 3.25. The highest BCUT2D eigenvalue weighted by Crippen LogP contribution is 2.35. The maximum atomic E-state index is 10.3. The molecule has 0 saturated carbocycles. The van der Waals surface area contributed by atoms with Crippen LogP contribution >= 0.6 is 11.8 Å². The lowest BCUT2D eigenvalue weighted by molar-refractivity contribution is 0.286. The topological polar surface area (TPSA) is 81.5 Å². The summed E-state index contributed by atoms with van der Waals surface area (Å²) < 4.78 is 16.4. The zero-order valence-electron chi connectivity index (χ0n) is 13.7. The number of hydrogen-bond donors (Lipinski definition) is 1. The summed E-state index contributed by atoms with van der Waals surface area (Å²) in [6.07, 6.45) is 5.26. The van der Waals surface area contributed by atoms with Gasteiger partial charge in [-0.2, -0.15) is 0 Å². The molecule has 1 atom stereocenters. The van der Waals surface area contributed by atoms with E-state index in [0.717, 1.165) is 27.0 Å². The van der Waals surface area contributed by atoms with Gasteiger partial charge in [-0.3, -0.25) is 0 Å². The van der Waals surface area contributed by atoms with Crippen LogP contribution in [0.4, 0.5) is 0 Å². The van der Waals surface area contributed by atoms with E-state index in [1.165, 1.54) is 0 Å². The minimum Gasteiger partial charge on any atom is -0.508 e. The molecule has 0 radical (unpaired) electrons. The Hall–Kier alpha value is -2.67. The summed E-state index contributed by atoms with van der Waals surface area (Å²) in [5, 5.41) is 19.5. The lowest BCUT2D eigenvalue weighted by Gasteiger charge is -2.16. The number of phenolic OH excluding ortho intramolecular Hbond substituents is 1. The molecular weight excluding hydrogens is 340 g/mol. The van der Waals surface area contributed by atoms with Gasteiger partial charge in [-0.05, 0) is 24.5 Å². The van der Waals surface area contributed by atoms with Gasteiger partial charge in [-0.25, -0.2) is 0 Å². The zero-order valence-corrected chi connectivity index (χ0v) is 14.5. The molecule has 2 aromatic carbocycles. The SMILES string of the molecule is CSc1cc2cnoc2cc1OCC(C)c1cc2oncc2cc1O. The first-order valence-electron chi connectivity index (χ1n) is 7.78. The number of ether oxygens (including phenoxy) is 1. The van der Waals surface area contributed by atoms with Crippen LogP contribution in [0.2, 0.25) is 0 Å². The molecule has 0 fully saturated rings. The fourth-order valence-electron chi connectivity index (χ4n) is 2.77. The van der Waals surface area contributed by atoms with Crippen LogP contribution in [0, 0.1) is 0 Å². The fourth-order valence-corrected chi connectivity index (χ4v) is 3.33. The van der Waals surface area contributed by atoms with Crippen molar-refractivity contribution >= 4 is 33.7 Å². The zero-order chi connectivity index (χ0) is 17.4. The second-order valence-electron chi connectivity index (χ2n) is 5.85. The van der Waals surface area contributed by atoms with Crippen molar-refractivity contribution in [1.29, 1.82) is 0 Å². The molecule has 0 aliphatic rings. The number of rotatable bonds is 5. The molecule has 0 amide bonds. The van der Waals surface area contributed by atoms with Crippen molar-refractivity contribution in [2.24, 2.45) is 0 Å². The normalized spacial score (nSPS) is 12.7. The standard InChI is InChI=1S/C18H16N2O4S/c1-10(13-5-15-11(3-14(13)21)7-19-23-15)9-22-17-6-16-12(8-20-24-16)4-18(17)25-2/h3-8,10,21H,9H2,1-2H3. The molecule has 0 saturated heterocycles. The molecule has 2 heterocycles. The van der Waals surface area contributed by atoms with Gasteiger partial charge < -0.3 is 18.9 Å². The summed E-state index contributed by atoms with van der Waals surface area (Å²) in [6.45, 7) is 2.39. The fraction of sp³-hybridized carbons (Fsp3) is 0.222. The summed E-state index contributed by atoms with van der Waals surface area (Å²) >= 11 is 1.60. The predicted molar refractivity (Wildman–Crippen MR) is 95.4 cm³/mol. The first-order valence-corrected chi connectivity index (χ1v) is 9.00. The van der Waals surface area contributed by atoms with Crippen LogP contribution in [-0.4, -0.2) is 28.3 Å². The van der Waals surface area contributed by atoms with Gasteiger partial charge >= 0.3 is 0 Å². The number of fused-ring (bicyclic) bond motifs is 2. The van der Waals surface area contributed by atoms with E-state index in [1.807, 2.05) is 25.3 Å². The van der Waals surface area contributed by atoms with Gasteiger partial charge in [0.25, 0.3) is 0 Å². The molecule has 0 spiro atoms. The van der Waals surface area contributed by atoms with Crippen molar-refractivity contribution in [3.05, 3.63) is 42.2 Å². The number of nitrogens with zero attached hydrogens (tertiary/aromatic N) is 2. The molecule has 128 valence electrons. The van der Waals surface area contributed by atoms with Crippen LogP contribution in [0.15, 0.2) is 50.6 Å². The molecule has 0 aliphatic heterocycles. The van der Waals surface area contributed by atoms with E-state index >= 15 is 0 Å². The third-order valence-electron chi connectivity index (χ3n) is 4.16. The van der Waals surface area contributed by atoms with Gasteiger partial charge in [0.2, 0.25) is 0 Å². The van der Waals surface area contributed by atoms with Gasteiger partial charge in [-0.15, -0.1) is 11.8 Å². The summed E-state index contributed by atoms with van der Waals surface area (Å²) in [5.41, 5.74) is 2.09. The minimum absolute atomic E-state index is 0.0328. The molecule has 1 unspecified atom stereocenters. The van der Waals surface area contributed by atoms with Gasteiger partial charge in [0.05, 0.1) is 23.9 Å². The smallest absolute Gasteiger partial charge is 0.170 e. The highest BCUT2D eigenvalue weighted by Gasteiger charge is 2.16. The van der Waals surface area contributed by atoms with Gasteiger partial charge in [-0.1, -0.05) is 17.2 Å². The number of thioether (sulfide) groups is 1. The number of phenols is 1. The highest BCUT2D eigenvalue weighted by molar-refractivity contribution is 7.98. The molecule has 4 rings (SSSR count). The first-order chi connectivity index (χ1) is 12.2. The molecule has 25 heavy (non-hydrogen) atoms. The van der Waals surface area contributed by atoms with Crippen molar-refractivity contribution in [3.8, 4) is 11.5 Å². The number of aromatic hydroxyl groups is 1. The first kappa shape index (κ1) is 15.8. The Labute approximate surface area is 147 Å². The Morgan fingerprint density at radius 1 is 1.08 bits per heavy atom. The molecule has 0 bridgehead atoms. The van der Waals surface area contributed by atoms with Crippen LogP contribution in [0.25, 0.3) is 21.9 Å². The van der Waals surface area contributed by atoms with Crippen molar-refractivity contribution < 1.29 is 18.9 Å². The Balaban J connectivity index is 1.58. The Morgan fingerprint density at radius 2 is 1.76 bits per heavy atom. The molecule has 2 aromatic heterocycles. The van der Waals surface area contributed by atoms with Crippen molar-refractivity contribution in [3.63, 3.8) is 0 Å². The lowest BCUT2D eigenvalue weighted by Crippen LogP contribution is -2.08. The van der Waals surface area contributed by atoms with E-state index in [-0.39, 0.29) is 11.7 Å². The molecule has 7 heteroatoms. The van der Waals surface area contributed by atoms with E-state index in [9.17, 15) is 5.11 Å². The minimum atomic E-state index is -0.0328. The number of hydrogen-bond acceptors (Lipinski definition) is 7. The van der Waals surface area contributed by atoms with Crippen LogP contribution in [0.1, 0.15) is 18.4 Å². The lowest BCUT2D eigenvalue weighted by atomic mass is 10.00. The van der Waals surface area contributed by atoms with Crippen molar-refractivity contribution in [1.82, 2.24) is 10.3 Å². The Morgan fingerprint density at radius 3 is 2.48 bits per heavy atom. The van der Waals surface area contributed by atoms with Crippen LogP contribution < -0.4 is 4.74 Å². The van der Waals surface area contributed by atoms with Crippen molar-refractivity contribution in [2.45, 2.75) is 17.7 Å². The maximum absolute atomic E-state index is 10.3. The molecule has 0 aliphatic carbocycles. The van der Waals surface area contributed by atoms with Crippen molar-refractivity contribution in [2.75, 3.05) is 12.9 Å². The summed E-state index contributed by atoms with van der Waals surface area (Å²) in [6, 6.07) is 7.31. The molecule has 1 N–H and O–H groups in total. The third-order valence-corrected chi connectivity index (χ3v) is 4.92. The van der Waals surface area contributed by atoms with Crippen LogP contribution in [-0.2, 0) is 0 Å². The third kappa shape index (κ3) is 2.91.